The molecule has 1 amide bonds. The highest BCUT2D eigenvalue weighted by Crippen LogP contribution is 2.41. The standard InChI is InChI=1S/C21H22N2O3S2/c1-13-5-4-6-16(9-13)20(24)22-21-23(17-8-7-14(2)15(3)10-17)18-11-28(25,26)12-19(18)27-21/h4-10,18-19H,11-12H2,1-3H3/t18-,19-/m1/s1. The average molecular weight is 415 g/mol. The van der Waals surface area contributed by atoms with E-state index in [4.69, 9.17) is 0 Å². The lowest BCUT2D eigenvalue weighted by molar-refractivity contribution is 0.100. The number of fused-ring (bicyclic) bond motifs is 1. The Hall–Kier alpha value is -2.12. The van der Waals surface area contributed by atoms with Crippen LogP contribution in [0, 0.1) is 20.8 Å². The van der Waals surface area contributed by atoms with Gasteiger partial charge in [0, 0.05) is 16.5 Å². The molecule has 0 bridgehead atoms. The molecule has 28 heavy (non-hydrogen) atoms. The van der Waals surface area contributed by atoms with Crippen LogP contribution in [0.2, 0.25) is 0 Å². The topological polar surface area (TPSA) is 66.8 Å². The van der Waals surface area contributed by atoms with Crippen molar-refractivity contribution in [3.8, 4) is 0 Å². The van der Waals surface area contributed by atoms with Crippen LogP contribution in [-0.4, -0.2) is 42.3 Å². The maximum Gasteiger partial charge on any atom is 0.279 e. The van der Waals surface area contributed by atoms with Gasteiger partial charge in [0.05, 0.1) is 17.5 Å². The SMILES string of the molecule is Cc1cccc(C(=O)N=C2S[C@@H]3CS(=O)(=O)C[C@H]3N2c2ccc(C)c(C)c2)c1. The van der Waals surface area contributed by atoms with Crippen molar-refractivity contribution in [2.75, 3.05) is 16.4 Å². The molecule has 0 saturated carbocycles. The Kier molecular flexibility index (Phi) is 4.83. The summed E-state index contributed by atoms with van der Waals surface area (Å²) in [4.78, 5) is 19.1. The van der Waals surface area contributed by atoms with E-state index in [1.807, 2.05) is 62.1 Å². The monoisotopic (exact) mass is 414 g/mol. The van der Waals surface area contributed by atoms with Crippen LogP contribution in [0.3, 0.4) is 0 Å². The fourth-order valence-electron chi connectivity index (χ4n) is 3.67. The molecule has 2 atom stereocenters. The predicted octanol–water partition coefficient (Wildman–Crippen LogP) is 3.53. The summed E-state index contributed by atoms with van der Waals surface area (Å²) >= 11 is 1.40. The third-order valence-electron chi connectivity index (χ3n) is 5.30. The number of carbonyl (C=O) groups is 1. The molecule has 2 aliphatic heterocycles. The lowest BCUT2D eigenvalue weighted by atomic mass is 10.1. The summed E-state index contributed by atoms with van der Waals surface area (Å²) in [6.45, 7) is 6.00. The Morgan fingerprint density at radius 1 is 1.07 bits per heavy atom. The minimum absolute atomic E-state index is 0.0925. The van der Waals surface area contributed by atoms with Crippen molar-refractivity contribution in [1.29, 1.82) is 0 Å². The van der Waals surface area contributed by atoms with Crippen LogP contribution >= 0.6 is 11.8 Å². The second-order valence-electron chi connectivity index (χ2n) is 7.51. The van der Waals surface area contributed by atoms with Crippen LogP contribution in [0.15, 0.2) is 47.5 Å². The lowest BCUT2D eigenvalue weighted by Gasteiger charge is -2.25. The maximum atomic E-state index is 12.8. The summed E-state index contributed by atoms with van der Waals surface area (Å²) in [6, 6.07) is 13.2. The van der Waals surface area contributed by atoms with E-state index in [0.717, 1.165) is 16.8 Å². The summed E-state index contributed by atoms with van der Waals surface area (Å²) in [5.41, 5.74) is 4.71. The molecule has 0 N–H and O–H groups in total. The van der Waals surface area contributed by atoms with Gasteiger partial charge in [-0.2, -0.15) is 4.99 Å². The van der Waals surface area contributed by atoms with Crippen LogP contribution in [0.1, 0.15) is 27.0 Å². The van der Waals surface area contributed by atoms with Gasteiger partial charge in [-0.3, -0.25) is 4.79 Å². The molecular weight excluding hydrogens is 392 g/mol. The first-order valence-corrected chi connectivity index (χ1v) is 11.9. The van der Waals surface area contributed by atoms with Crippen molar-refractivity contribution in [2.24, 2.45) is 4.99 Å². The van der Waals surface area contributed by atoms with Crippen molar-refractivity contribution in [2.45, 2.75) is 32.1 Å². The summed E-state index contributed by atoms with van der Waals surface area (Å²) < 4.78 is 24.4. The maximum absolute atomic E-state index is 12.8. The van der Waals surface area contributed by atoms with E-state index in [1.54, 1.807) is 6.07 Å². The second-order valence-corrected chi connectivity index (χ2v) is 10.9. The van der Waals surface area contributed by atoms with E-state index in [0.29, 0.717) is 10.7 Å². The average Bonchev–Trinajstić information content (AvgIpc) is 3.08. The summed E-state index contributed by atoms with van der Waals surface area (Å²) in [5.74, 6) is -0.0841. The number of carbonyl (C=O) groups excluding carboxylic acids is 1. The smallest absolute Gasteiger partial charge is 0.279 e. The Morgan fingerprint density at radius 3 is 2.57 bits per heavy atom. The zero-order valence-corrected chi connectivity index (χ0v) is 17.7. The van der Waals surface area contributed by atoms with Gasteiger partial charge in [-0.05, 0) is 56.2 Å². The fraction of sp³-hybridized carbons (Fsp3) is 0.333. The fourth-order valence-corrected chi connectivity index (χ4v) is 7.58. The first kappa shape index (κ1) is 19.2. The van der Waals surface area contributed by atoms with E-state index < -0.39 is 9.84 Å². The number of aliphatic imine (C=N–C) groups is 1. The molecule has 2 heterocycles. The van der Waals surface area contributed by atoms with E-state index in [9.17, 15) is 13.2 Å². The predicted molar refractivity (Wildman–Crippen MR) is 115 cm³/mol. The van der Waals surface area contributed by atoms with Gasteiger partial charge in [-0.1, -0.05) is 35.5 Å². The molecule has 0 aromatic heterocycles. The zero-order valence-electron chi connectivity index (χ0n) is 16.0. The normalized spacial score (nSPS) is 24.5. The van der Waals surface area contributed by atoms with Crippen LogP contribution in [-0.2, 0) is 9.84 Å². The number of hydrogen-bond acceptors (Lipinski definition) is 4. The van der Waals surface area contributed by atoms with E-state index in [-0.39, 0.29) is 28.7 Å². The van der Waals surface area contributed by atoms with Gasteiger partial charge < -0.3 is 4.90 Å². The zero-order chi connectivity index (χ0) is 20.1. The van der Waals surface area contributed by atoms with Crippen molar-refractivity contribution in [1.82, 2.24) is 0 Å². The second kappa shape index (κ2) is 7.04. The first-order chi connectivity index (χ1) is 13.2. The Labute approximate surface area is 169 Å². The highest BCUT2D eigenvalue weighted by atomic mass is 32.2. The van der Waals surface area contributed by atoms with Gasteiger partial charge >= 0.3 is 0 Å². The van der Waals surface area contributed by atoms with Crippen molar-refractivity contribution in [3.63, 3.8) is 0 Å². The minimum atomic E-state index is -3.08. The molecule has 7 heteroatoms. The molecule has 5 nitrogen and oxygen atoms in total. The van der Waals surface area contributed by atoms with Gasteiger partial charge in [0.15, 0.2) is 15.0 Å². The van der Waals surface area contributed by atoms with Crippen LogP contribution in [0.25, 0.3) is 0 Å². The lowest BCUT2D eigenvalue weighted by Crippen LogP contribution is -2.37. The third-order valence-corrected chi connectivity index (χ3v) is 8.51. The van der Waals surface area contributed by atoms with Crippen molar-refractivity contribution >= 4 is 38.4 Å². The highest BCUT2D eigenvalue weighted by molar-refractivity contribution is 8.16. The quantitative estimate of drug-likeness (QED) is 0.752. The molecule has 0 radical (unpaired) electrons. The van der Waals surface area contributed by atoms with E-state index in [1.165, 1.54) is 17.3 Å². The Morgan fingerprint density at radius 2 is 1.86 bits per heavy atom. The first-order valence-electron chi connectivity index (χ1n) is 9.17. The van der Waals surface area contributed by atoms with E-state index in [2.05, 4.69) is 4.99 Å². The van der Waals surface area contributed by atoms with Gasteiger partial charge in [0.1, 0.15) is 0 Å². The Balaban J connectivity index is 1.75. The number of benzene rings is 2. The van der Waals surface area contributed by atoms with Gasteiger partial charge in [0.2, 0.25) is 0 Å². The largest absolute Gasteiger partial charge is 0.316 e. The highest BCUT2D eigenvalue weighted by Gasteiger charge is 2.49. The molecule has 0 aliphatic carbocycles. The molecule has 0 unspecified atom stereocenters. The van der Waals surface area contributed by atoms with Crippen LogP contribution in [0.4, 0.5) is 5.69 Å². The van der Waals surface area contributed by atoms with Gasteiger partial charge in [-0.15, -0.1) is 0 Å². The number of amidine groups is 1. The molecule has 2 aromatic rings. The number of nitrogens with zero attached hydrogens (tertiary/aromatic N) is 2. The summed E-state index contributed by atoms with van der Waals surface area (Å²) in [7, 11) is -3.08. The molecule has 4 rings (SSSR count). The van der Waals surface area contributed by atoms with Gasteiger partial charge in [0.25, 0.3) is 5.91 Å². The minimum Gasteiger partial charge on any atom is -0.316 e. The van der Waals surface area contributed by atoms with Crippen LogP contribution < -0.4 is 4.90 Å². The molecule has 0 spiro atoms. The molecular formula is C21H22N2O3S2. The molecule has 146 valence electrons. The van der Waals surface area contributed by atoms with E-state index >= 15 is 0 Å². The summed E-state index contributed by atoms with van der Waals surface area (Å²) in [5, 5.41) is 0.482. The summed E-state index contributed by atoms with van der Waals surface area (Å²) in [6.07, 6.45) is 0. The number of hydrogen-bond donors (Lipinski definition) is 0. The number of thioether (sulfide) groups is 1. The molecule has 2 aromatic carbocycles. The number of aryl methyl sites for hydroxylation is 3. The van der Waals surface area contributed by atoms with Crippen molar-refractivity contribution < 1.29 is 13.2 Å². The molecule has 2 aliphatic rings. The third kappa shape index (κ3) is 3.61. The molecule has 2 saturated heterocycles. The number of anilines is 1. The number of rotatable bonds is 2. The molecule has 2 fully saturated rings. The number of sulfone groups is 1. The number of amides is 1. The van der Waals surface area contributed by atoms with Crippen LogP contribution in [0.5, 0.6) is 0 Å². The van der Waals surface area contributed by atoms with Crippen molar-refractivity contribution in [3.05, 3.63) is 64.7 Å². The van der Waals surface area contributed by atoms with Gasteiger partial charge in [-0.25, -0.2) is 8.42 Å². The Bertz CT molecular complexity index is 1090.